The predicted octanol–water partition coefficient (Wildman–Crippen LogP) is 4.05. The molecule has 0 amide bonds. The van der Waals surface area contributed by atoms with Gasteiger partial charge in [-0.15, -0.1) is 0 Å². The van der Waals surface area contributed by atoms with Gasteiger partial charge in [-0.25, -0.2) is 4.98 Å². The summed E-state index contributed by atoms with van der Waals surface area (Å²) in [6, 6.07) is 2.17. The van der Waals surface area contributed by atoms with Crippen LogP contribution in [-0.4, -0.2) is 25.1 Å². The fraction of sp³-hybridized carbons (Fsp3) is 0.583. The number of anilines is 2. The van der Waals surface area contributed by atoms with Crippen LogP contribution in [-0.2, 0) is 0 Å². The molecule has 0 aromatic carbocycles. The van der Waals surface area contributed by atoms with Crippen LogP contribution in [0.3, 0.4) is 0 Å². The topological polar surface area (TPSA) is 28.2 Å². The van der Waals surface area contributed by atoms with E-state index in [0.29, 0.717) is 21.9 Å². The van der Waals surface area contributed by atoms with E-state index in [1.165, 1.54) is 0 Å². The van der Waals surface area contributed by atoms with E-state index in [2.05, 4.69) is 29.0 Å². The molecule has 1 N–H and O–H groups in total. The van der Waals surface area contributed by atoms with E-state index in [1.807, 2.05) is 7.05 Å². The summed E-state index contributed by atoms with van der Waals surface area (Å²) in [5.74, 6) is 1.43. The zero-order valence-corrected chi connectivity index (χ0v) is 12.2. The van der Waals surface area contributed by atoms with Crippen molar-refractivity contribution in [2.24, 2.45) is 0 Å². The van der Waals surface area contributed by atoms with Crippen molar-refractivity contribution in [3.8, 4) is 0 Å². The molecule has 0 aliphatic carbocycles. The van der Waals surface area contributed by atoms with E-state index in [1.54, 1.807) is 13.1 Å². The molecule has 0 saturated carbocycles. The molecule has 0 aliphatic heterocycles. The predicted molar refractivity (Wildman–Crippen MR) is 76.6 cm³/mol. The number of pyridine rings is 1. The number of nitrogens with one attached hydrogen (secondary N) is 1. The lowest BCUT2D eigenvalue weighted by Crippen LogP contribution is -2.31. The number of nitrogens with zero attached hydrogens (tertiary/aromatic N) is 2. The lowest BCUT2D eigenvalue weighted by Gasteiger charge is -2.28. The molecule has 0 radical (unpaired) electrons. The molecule has 0 unspecified atom stereocenters. The lowest BCUT2D eigenvalue weighted by molar-refractivity contribution is 0.587. The SMILES string of the molecule is CCC(CC)N(C)c1nc(NC)c(Cl)cc1Cl. The van der Waals surface area contributed by atoms with Crippen LogP contribution < -0.4 is 10.2 Å². The molecule has 1 aromatic heterocycles. The Bertz CT molecular complexity index is 378. The highest BCUT2D eigenvalue weighted by molar-refractivity contribution is 6.37. The number of aromatic nitrogens is 1. The highest BCUT2D eigenvalue weighted by Crippen LogP contribution is 2.32. The van der Waals surface area contributed by atoms with Gasteiger partial charge in [0, 0.05) is 20.1 Å². The Morgan fingerprint density at radius 3 is 2.35 bits per heavy atom. The Labute approximate surface area is 113 Å². The number of halogens is 2. The average molecular weight is 276 g/mol. The quantitative estimate of drug-likeness (QED) is 0.879. The first-order valence-electron chi connectivity index (χ1n) is 5.81. The first-order chi connectivity index (χ1) is 8.04. The van der Waals surface area contributed by atoms with Crippen molar-refractivity contribution in [1.29, 1.82) is 0 Å². The Balaban J connectivity index is 3.12. The summed E-state index contributed by atoms with van der Waals surface area (Å²) in [7, 11) is 3.81. The molecule has 96 valence electrons. The van der Waals surface area contributed by atoms with Crippen molar-refractivity contribution in [2.75, 3.05) is 24.3 Å². The highest BCUT2D eigenvalue weighted by Gasteiger charge is 2.17. The number of hydrogen-bond donors (Lipinski definition) is 1. The summed E-state index contributed by atoms with van der Waals surface area (Å²) in [6.45, 7) is 4.32. The van der Waals surface area contributed by atoms with Gasteiger partial charge < -0.3 is 10.2 Å². The Hall–Kier alpha value is -0.670. The fourth-order valence-electron chi connectivity index (χ4n) is 1.89. The largest absolute Gasteiger partial charge is 0.372 e. The minimum atomic E-state index is 0.436. The van der Waals surface area contributed by atoms with Gasteiger partial charge in [0.25, 0.3) is 0 Å². The standard InChI is InChI=1S/C12H19Cl2N3/c1-5-8(6-2)17(4)12-10(14)7-9(13)11(15-3)16-12/h7-8H,5-6H2,1-4H3,(H,15,16). The van der Waals surface area contributed by atoms with Crippen LogP contribution in [0.15, 0.2) is 6.07 Å². The lowest BCUT2D eigenvalue weighted by atomic mass is 10.1. The van der Waals surface area contributed by atoms with Crippen molar-refractivity contribution in [1.82, 2.24) is 4.98 Å². The summed E-state index contributed by atoms with van der Waals surface area (Å²) in [6.07, 6.45) is 2.12. The fourth-order valence-corrected chi connectivity index (χ4v) is 2.48. The Morgan fingerprint density at radius 1 is 1.29 bits per heavy atom. The maximum atomic E-state index is 6.19. The molecule has 1 aromatic rings. The second kappa shape index (κ2) is 6.31. The average Bonchev–Trinajstić information content (AvgIpc) is 2.30. The van der Waals surface area contributed by atoms with Gasteiger partial charge in [0.2, 0.25) is 0 Å². The molecule has 17 heavy (non-hydrogen) atoms. The zero-order valence-electron chi connectivity index (χ0n) is 10.7. The van der Waals surface area contributed by atoms with Crippen LogP contribution in [0, 0.1) is 0 Å². The van der Waals surface area contributed by atoms with Gasteiger partial charge in [0.15, 0.2) is 0 Å². The van der Waals surface area contributed by atoms with Crippen molar-refractivity contribution in [3.05, 3.63) is 16.1 Å². The number of hydrogen-bond acceptors (Lipinski definition) is 3. The number of rotatable bonds is 5. The normalized spacial score (nSPS) is 10.8. The van der Waals surface area contributed by atoms with Crippen molar-refractivity contribution < 1.29 is 0 Å². The third kappa shape index (κ3) is 3.17. The minimum absolute atomic E-state index is 0.436. The summed E-state index contributed by atoms with van der Waals surface area (Å²) in [5.41, 5.74) is 0. The van der Waals surface area contributed by atoms with Gasteiger partial charge >= 0.3 is 0 Å². The summed E-state index contributed by atoms with van der Waals surface area (Å²) in [5, 5.41) is 4.09. The van der Waals surface area contributed by atoms with E-state index >= 15 is 0 Å². The summed E-state index contributed by atoms with van der Waals surface area (Å²) >= 11 is 12.2. The molecular weight excluding hydrogens is 257 g/mol. The Kier molecular flexibility index (Phi) is 5.34. The molecule has 5 heteroatoms. The molecule has 1 heterocycles. The third-order valence-electron chi connectivity index (χ3n) is 2.97. The van der Waals surface area contributed by atoms with Gasteiger partial charge in [-0.05, 0) is 18.9 Å². The van der Waals surface area contributed by atoms with E-state index < -0.39 is 0 Å². The molecule has 0 atom stereocenters. The monoisotopic (exact) mass is 275 g/mol. The Morgan fingerprint density at radius 2 is 1.88 bits per heavy atom. The van der Waals surface area contributed by atoms with Crippen LogP contribution >= 0.6 is 23.2 Å². The van der Waals surface area contributed by atoms with Crippen molar-refractivity contribution in [3.63, 3.8) is 0 Å². The second-order valence-electron chi connectivity index (χ2n) is 3.96. The molecular formula is C12H19Cl2N3. The third-order valence-corrected chi connectivity index (χ3v) is 3.54. The summed E-state index contributed by atoms with van der Waals surface area (Å²) < 4.78 is 0. The molecule has 0 bridgehead atoms. The van der Waals surface area contributed by atoms with Crippen molar-refractivity contribution >= 4 is 34.8 Å². The van der Waals surface area contributed by atoms with E-state index in [-0.39, 0.29) is 0 Å². The molecule has 1 rings (SSSR count). The highest BCUT2D eigenvalue weighted by atomic mass is 35.5. The van der Waals surface area contributed by atoms with Crippen molar-refractivity contribution in [2.45, 2.75) is 32.7 Å². The van der Waals surface area contributed by atoms with E-state index in [0.717, 1.165) is 18.7 Å². The van der Waals surface area contributed by atoms with Gasteiger partial charge in [-0.1, -0.05) is 37.0 Å². The maximum absolute atomic E-state index is 6.19. The second-order valence-corrected chi connectivity index (χ2v) is 4.77. The van der Waals surface area contributed by atoms with Gasteiger partial charge in [0.1, 0.15) is 11.6 Å². The van der Waals surface area contributed by atoms with E-state index in [4.69, 9.17) is 23.2 Å². The smallest absolute Gasteiger partial charge is 0.149 e. The molecule has 3 nitrogen and oxygen atoms in total. The molecule has 0 fully saturated rings. The maximum Gasteiger partial charge on any atom is 0.149 e. The minimum Gasteiger partial charge on any atom is -0.372 e. The van der Waals surface area contributed by atoms with Crippen LogP contribution in [0.4, 0.5) is 11.6 Å². The zero-order chi connectivity index (χ0) is 13.0. The van der Waals surface area contributed by atoms with Crippen LogP contribution in [0.5, 0.6) is 0 Å². The van der Waals surface area contributed by atoms with Crippen LogP contribution in [0.2, 0.25) is 10.0 Å². The van der Waals surface area contributed by atoms with Crippen LogP contribution in [0.1, 0.15) is 26.7 Å². The molecule has 0 spiro atoms. The van der Waals surface area contributed by atoms with Gasteiger partial charge in [-0.3, -0.25) is 0 Å². The van der Waals surface area contributed by atoms with Crippen LogP contribution in [0.25, 0.3) is 0 Å². The van der Waals surface area contributed by atoms with Gasteiger partial charge in [0.05, 0.1) is 10.0 Å². The summed E-state index contributed by atoms with van der Waals surface area (Å²) in [4.78, 5) is 6.57. The van der Waals surface area contributed by atoms with E-state index in [9.17, 15) is 0 Å². The first-order valence-corrected chi connectivity index (χ1v) is 6.57. The molecule has 0 aliphatic rings. The van der Waals surface area contributed by atoms with Gasteiger partial charge in [-0.2, -0.15) is 0 Å². The molecule has 0 saturated heterocycles. The first kappa shape index (κ1) is 14.4.